The van der Waals surface area contributed by atoms with Crippen molar-refractivity contribution >= 4 is 0 Å². The van der Waals surface area contributed by atoms with Crippen LogP contribution >= 0.6 is 0 Å². The first-order valence-electron chi connectivity index (χ1n) is 5.75. The molecule has 88 valence electrons. The number of hydrogen-bond donors (Lipinski definition) is 0. The molecule has 1 spiro atoms. The fraction of sp³-hybridized carbons (Fsp3) is 1.00. The predicted octanol–water partition coefficient (Wildman–Crippen LogP) is 1.67. The largest absolute Gasteiger partial charge is 0.300 e. The molecule has 2 aliphatic heterocycles. The predicted molar refractivity (Wildman–Crippen MR) is 56.2 cm³/mol. The highest BCUT2D eigenvalue weighted by Crippen LogP contribution is 2.40. The Morgan fingerprint density at radius 1 is 1.20 bits per heavy atom. The van der Waals surface area contributed by atoms with Crippen molar-refractivity contribution in [2.24, 2.45) is 5.41 Å². The number of alkyl halides is 2. The van der Waals surface area contributed by atoms with Gasteiger partial charge in [0.2, 0.25) is 0 Å². The molecule has 0 aromatic rings. The van der Waals surface area contributed by atoms with Crippen LogP contribution in [0.15, 0.2) is 0 Å². The molecular formula is C11H20F2N2. The van der Waals surface area contributed by atoms with Gasteiger partial charge in [-0.05, 0) is 26.8 Å². The van der Waals surface area contributed by atoms with Gasteiger partial charge < -0.3 is 0 Å². The van der Waals surface area contributed by atoms with Crippen molar-refractivity contribution in [3.63, 3.8) is 0 Å². The number of likely N-dealkylation sites (tertiary alicyclic amines) is 2. The monoisotopic (exact) mass is 218 g/mol. The molecule has 2 nitrogen and oxygen atoms in total. The maximum atomic E-state index is 12.2. The highest BCUT2D eigenvalue weighted by molar-refractivity contribution is 5.02. The summed E-state index contributed by atoms with van der Waals surface area (Å²) in [6.45, 7) is 8.28. The molecule has 0 unspecified atom stereocenters. The van der Waals surface area contributed by atoms with Crippen LogP contribution in [0.5, 0.6) is 0 Å². The molecule has 2 heterocycles. The van der Waals surface area contributed by atoms with E-state index >= 15 is 0 Å². The van der Waals surface area contributed by atoms with Gasteiger partial charge in [-0.25, -0.2) is 8.78 Å². The summed E-state index contributed by atoms with van der Waals surface area (Å²) < 4.78 is 24.4. The van der Waals surface area contributed by atoms with Gasteiger partial charge in [0.25, 0.3) is 6.43 Å². The molecule has 0 N–H and O–H groups in total. The summed E-state index contributed by atoms with van der Waals surface area (Å²) in [6.07, 6.45) is -1.08. The molecule has 0 aromatic carbocycles. The quantitative estimate of drug-likeness (QED) is 0.711. The fourth-order valence-electron chi connectivity index (χ4n) is 2.82. The minimum absolute atomic E-state index is 0.0383. The van der Waals surface area contributed by atoms with E-state index < -0.39 is 6.43 Å². The van der Waals surface area contributed by atoms with Crippen LogP contribution in [0.4, 0.5) is 8.78 Å². The minimum Gasteiger partial charge on any atom is -0.300 e. The molecule has 0 saturated carbocycles. The molecule has 2 fully saturated rings. The van der Waals surface area contributed by atoms with Crippen LogP contribution < -0.4 is 0 Å². The number of halogens is 2. The van der Waals surface area contributed by atoms with E-state index in [1.54, 1.807) is 0 Å². The highest BCUT2D eigenvalue weighted by Gasteiger charge is 2.48. The van der Waals surface area contributed by atoms with E-state index in [-0.39, 0.29) is 6.54 Å². The Bertz CT molecular complexity index is 225. The third-order valence-electron chi connectivity index (χ3n) is 3.72. The second-order valence-electron chi connectivity index (χ2n) is 5.37. The Kier molecular flexibility index (Phi) is 2.99. The number of hydrogen-bond acceptors (Lipinski definition) is 2. The van der Waals surface area contributed by atoms with Gasteiger partial charge >= 0.3 is 0 Å². The lowest BCUT2D eigenvalue weighted by Crippen LogP contribution is -2.59. The fourth-order valence-corrected chi connectivity index (χ4v) is 2.82. The standard InChI is InChI=1S/C11H20F2N2/c1-9(2)15-7-11(8-15)3-4-14(6-11)5-10(12)13/h9-10H,3-8H2,1-2H3. The van der Waals surface area contributed by atoms with Crippen LogP contribution in [-0.4, -0.2) is 55.0 Å². The molecule has 0 aromatic heterocycles. The van der Waals surface area contributed by atoms with Crippen LogP contribution in [0.25, 0.3) is 0 Å². The molecule has 2 saturated heterocycles. The van der Waals surface area contributed by atoms with E-state index in [4.69, 9.17) is 0 Å². The lowest BCUT2D eigenvalue weighted by atomic mass is 9.78. The van der Waals surface area contributed by atoms with Crippen molar-refractivity contribution in [3.8, 4) is 0 Å². The molecule has 0 atom stereocenters. The van der Waals surface area contributed by atoms with E-state index in [2.05, 4.69) is 18.7 Å². The molecule has 4 heteroatoms. The SMILES string of the molecule is CC(C)N1CC2(CCN(CC(F)F)C2)C1. The lowest BCUT2D eigenvalue weighted by Gasteiger charge is -2.50. The highest BCUT2D eigenvalue weighted by atomic mass is 19.3. The maximum absolute atomic E-state index is 12.2. The first-order chi connectivity index (χ1) is 7.01. The van der Waals surface area contributed by atoms with Gasteiger partial charge in [0.1, 0.15) is 0 Å². The van der Waals surface area contributed by atoms with Crippen LogP contribution in [0.2, 0.25) is 0 Å². The van der Waals surface area contributed by atoms with E-state index in [1.807, 2.05) is 4.90 Å². The summed E-state index contributed by atoms with van der Waals surface area (Å²) in [4.78, 5) is 4.34. The van der Waals surface area contributed by atoms with Gasteiger partial charge in [-0.3, -0.25) is 9.80 Å². The maximum Gasteiger partial charge on any atom is 0.251 e. The zero-order valence-electron chi connectivity index (χ0n) is 9.55. The lowest BCUT2D eigenvalue weighted by molar-refractivity contribution is -0.0175. The average molecular weight is 218 g/mol. The molecular weight excluding hydrogens is 198 g/mol. The Morgan fingerprint density at radius 2 is 1.87 bits per heavy atom. The average Bonchev–Trinajstić information content (AvgIpc) is 2.44. The third kappa shape index (κ3) is 2.31. The third-order valence-corrected chi connectivity index (χ3v) is 3.72. The second-order valence-corrected chi connectivity index (χ2v) is 5.37. The zero-order chi connectivity index (χ0) is 11.1. The van der Waals surface area contributed by atoms with Crippen molar-refractivity contribution < 1.29 is 8.78 Å². The van der Waals surface area contributed by atoms with E-state index in [0.717, 1.165) is 32.6 Å². The van der Waals surface area contributed by atoms with E-state index in [1.165, 1.54) is 0 Å². The summed E-state index contributed by atoms with van der Waals surface area (Å²) >= 11 is 0. The summed E-state index contributed by atoms with van der Waals surface area (Å²) in [6, 6.07) is 0.597. The van der Waals surface area contributed by atoms with Crippen LogP contribution in [-0.2, 0) is 0 Å². The molecule has 2 rings (SSSR count). The zero-order valence-corrected chi connectivity index (χ0v) is 9.55. The number of rotatable bonds is 3. The summed E-state index contributed by atoms with van der Waals surface area (Å²) in [5, 5.41) is 0. The Morgan fingerprint density at radius 3 is 2.40 bits per heavy atom. The smallest absolute Gasteiger partial charge is 0.251 e. The Balaban J connectivity index is 1.79. The Labute approximate surface area is 90.2 Å². The van der Waals surface area contributed by atoms with Crippen LogP contribution in [0.3, 0.4) is 0 Å². The van der Waals surface area contributed by atoms with Gasteiger partial charge in [-0.1, -0.05) is 0 Å². The van der Waals surface area contributed by atoms with Gasteiger partial charge in [0.15, 0.2) is 0 Å². The van der Waals surface area contributed by atoms with E-state index in [0.29, 0.717) is 11.5 Å². The molecule has 0 aliphatic carbocycles. The first kappa shape index (κ1) is 11.3. The van der Waals surface area contributed by atoms with Crippen molar-refractivity contribution in [1.29, 1.82) is 0 Å². The van der Waals surface area contributed by atoms with Gasteiger partial charge in [0, 0.05) is 31.1 Å². The Hall–Kier alpha value is -0.220. The summed E-state index contributed by atoms with van der Waals surface area (Å²) in [5.41, 5.74) is 0.346. The van der Waals surface area contributed by atoms with Crippen molar-refractivity contribution in [2.45, 2.75) is 32.7 Å². The van der Waals surface area contributed by atoms with E-state index in [9.17, 15) is 8.78 Å². The normalized spacial score (nSPS) is 26.8. The van der Waals surface area contributed by atoms with Crippen molar-refractivity contribution in [2.75, 3.05) is 32.7 Å². The first-order valence-corrected chi connectivity index (χ1v) is 5.75. The second kappa shape index (κ2) is 3.98. The van der Waals surface area contributed by atoms with Gasteiger partial charge in [0.05, 0.1) is 6.54 Å². The summed E-state index contributed by atoms with van der Waals surface area (Å²) in [7, 11) is 0. The molecule has 2 aliphatic rings. The van der Waals surface area contributed by atoms with Crippen molar-refractivity contribution in [1.82, 2.24) is 9.80 Å². The topological polar surface area (TPSA) is 6.48 Å². The van der Waals surface area contributed by atoms with Gasteiger partial charge in [-0.2, -0.15) is 0 Å². The van der Waals surface area contributed by atoms with Crippen LogP contribution in [0.1, 0.15) is 20.3 Å². The van der Waals surface area contributed by atoms with Crippen LogP contribution in [0, 0.1) is 5.41 Å². The molecule has 15 heavy (non-hydrogen) atoms. The number of nitrogens with zero attached hydrogens (tertiary/aromatic N) is 2. The molecule has 0 radical (unpaired) electrons. The van der Waals surface area contributed by atoms with Crippen molar-refractivity contribution in [3.05, 3.63) is 0 Å². The molecule has 0 bridgehead atoms. The minimum atomic E-state index is -2.18. The molecule has 0 amide bonds. The summed E-state index contributed by atoms with van der Waals surface area (Å²) in [5.74, 6) is 0. The van der Waals surface area contributed by atoms with Gasteiger partial charge in [-0.15, -0.1) is 0 Å².